The van der Waals surface area contributed by atoms with E-state index in [1.165, 1.54) is 11.3 Å². The number of carbonyl (C=O) groups excluding carboxylic acids is 1. The number of amides is 1. The van der Waals surface area contributed by atoms with E-state index in [0.717, 1.165) is 22.8 Å². The van der Waals surface area contributed by atoms with Crippen LogP contribution in [0.3, 0.4) is 0 Å². The SMILES string of the molecule is Cc1csc(NC(=O)c2ccc(-n3nc(C)cc3C)cc2)n1. The molecule has 1 aromatic carbocycles. The minimum Gasteiger partial charge on any atom is -0.298 e. The van der Waals surface area contributed by atoms with Crippen LogP contribution in [0.15, 0.2) is 35.7 Å². The van der Waals surface area contributed by atoms with Crippen LogP contribution in [-0.2, 0) is 0 Å². The zero-order valence-electron chi connectivity index (χ0n) is 12.6. The normalized spacial score (nSPS) is 10.7. The Kier molecular flexibility index (Phi) is 3.77. The predicted octanol–water partition coefficient (Wildman–Crippen LogP) is 3.51. The molecule has 3 rings (SSSR count). The molecule has 0 aliphatic rings. The van der Waals surface area contributed by atoms with Gasteiger partial charge >= 0.3 is 0 Å². The maximum absolute atomic E-state index is 12.2. The lowest BCUT2D eigenvalue weighted by atomic mass is 10.2. The molecule has 0 aliphatic carbocycles. The van der Waals surface area contributed by atoms with E-state index < -0.39 is 0 Å². The topological polar surface area (TPSA) is 59.8 Å². The van der Waals surface area contributed by atoms with Gasteiger partial charge in [-0.25, -0.2) is 9.67 Å². The summed E-state index contributed by atoms with van der Waals surface area (Å²) in [6.07, 6.45) is 0. The summed E-state index contributed by atoms with van der Waals surface area (Å²) in [6.45, 7) is 5.86. The van der Waals surface area contributed by atoms with Crippen molar-refractivity contribution in [1.82, 2.24) is 14.8 Å². The Morgan fingerprint density at radius 2 is 1.86 bits per heavy atom. The summed E-state index contributed by atoms with van der Waals surface area (Å²) in [5.74, 6) is -0.158. The van der Waals surface area contributed by atoms with Crippen molar-refractivity contribution in [3.8, 4) is 5.69 Å². The fourth-order valence-corrected chi connectivity index (χ4v) is 2.91. The number of aryl methyl sites for hydroxylation is 3. The van der Waals surface area contributed by atoms with Crippen LogP contribution >= 0.6 is 11.3 Å². The molecule has 2 heterocycles. The number of hydrogen-bond donors (Lipinski definition) is 1. The third-order valence-corrected chi connectivity index (χ3v) is 4.10. The molecular weight excluding hydrogens is 296 g/mol. The van der Waals surface area contributed by atoms with Crippen LogP contribution in [0, 0.1) is 20.8 Å². The van der Waals surface area contributed by atoms with Crippen LogP contribution in [0.5, 0.6) is 0 Å². The highest BCUT2D eigenvalue weighted by Crippen LogP contribution is 2.17. The second kappa shape index (κ2) is 5.73. The van der Waals surface area contributed by atoms with Crippen LogP contribution < -0.4 is 5.32 Å². The Morgan fingerprint density at radius 1 is 1.14 bits per heavy atom. The smallest absolute Gasteiger partial charge is 0.257 e. The lowest BCUT2D eigenvalue weighted by molar-refractivity contribution is 0.102. The second-order valence-corrected chi connectivity index (χ2v) is 5.99. The highest BCUT2D eigenvalue weighted by molar-refractivity contribution is 7.13. The van der Waals surface area contributed by atoms with Gasteiger partial charge in [0.15, 0.2) is 5.13 Å². The van der Waals surface area contributed by atoms with Crippen molar-refractivity contribution in [3.05, 3.63) is 58.4 Å². The molecule has 0 bridgehead atoms. The predicted molar refractivity (Wildman–Crippen MR) is 87.8 cm³/mol. The third kappa shape index (κ3) is 2.92. The van der Waals surface area contributed by atoms with E-state index in [1.807, 2.05) is 49.0 Å². The first-order valence-corrected chi connectivity index (χ1v) is 7.78. The first-order valence-electron chi connectivity index (χ1n) is 6.90. The van der Waals surface area contributed by atoms with Gasteiger partial charge in [-0.2, -0.15) is 5.10 Å². The van der Waals surface area contributed by atoms with Gasteiger partial charge in [-0.05, 0) is 51.1 Å². The first kappa shape index (κ1) is 14.5. The van der Waals surface area contributed by atoms with Gasteiger partial charge in [0.05, 0.1) is 17.1 Å². The number of benzene rings is 1. The Balaban J connectivity index is 1.79. The van der Waals surface area contributed by atoms with Crippen LogP contribution in [0.1, 0.15) is 27.4 Å². The molecule has 0 saturated heterocycles. The average Bonchev–Trinajstić information content (AvgIpc) is 3.04. The van der Waals surface area contributed by atoms with Gasteiger partial charge in [-0.3, -0.25) is 10.1 Å². The van der Waals surface area contributed by atoms with Crippen molar-refractivity contribution in [2.24, 2.45) is 0 Å². The van der Waals surface area contributed by atoms with Gasteiger partial charge in [0.1, 0.15) is 0 Å². The van der Waals surface area contributed by atoms with E-state index in [1.54, 1.807) is 12.1 Å². The quantitative estimate of drug-likeness (QED) is 0.805. The number of nitrogens with zero attached hydrogens (tertiary/aromatic N) is 3. The summed E-state index contributed by atoms with van der Waals surface area (Å²) in [6, 6.07) is 9.39. The Bertz CT molecular complexity index is 817. The number of aromatic nitrogens is 3. The monoisotopic (exact) mass is 312 g/mol. The summed E-state index contributed by atoms with van der Waals surface area (Å²) < 4.78 is 1.86. The van der Waals surface area contributed by atoms with Crippen molar-refractivity contribution in [3.63, 3.8) is 0 Å². The zero-order chi connectivity index (χ0) is 15.7. The van der Waals surface area contributed by atoms with Crippen molar-refractivity contribution < 1.29 is 4.79 Å². The number of anilines is 1. The fourth-order valence-electron chi connectivity index (χ4n) is 2.22. The highest BCUT2D eigenvalue weighted by Gasteiger charge is 2.09. The molecule has 0 saturated carbocycles. The van der Waals surface area contributed by atoms with Crippen LogP contribution in [0.2, 0.25) is 0 Å². The fraction of sp³-hybridized carbons (Fsp3) is 0.188. The third-order valence-electron chi connectivity index (χ3n) is 3.22. The van der Waals surface area contributed by atoms with E-state index in [9.17, 15) is 4.79 Å². The number of carbonyl (C=O) groups is 1. The molecule has 1 amide bonds. The standard InChI is InChI=1S/C16H16N4OS/c1-10-8-12(3)20(19-10)14-6-4-13(5-7-14)15(21)18-16-17-11(2)9-22-16/h4-9H,1-3H3,(H,17,18,21). The molecule has 0 unspecified atom stereocenters. The Morgan fingerprint density at radius 3 is 2.41 bits per heavy atom. The molecule has 1 N–H and O–H groups in total. The van der Waals surface area contributed by atoms with E-state index >= 15 is 0 Å². The van der Waals surface area contributed by atoms with Crippen molar-refractivity contribution in [2.45, 2.75) is 20.8 Å². The van der Waals surface area contributed by atoms with Crippen LogP contribution in [0.25, 0.3) is 5.69 Å². The molecule has 0 spiro atoms. The summed E-state index contributed by atoms with van der Waals surface area (Å²) in [5, 5.41) is 9.75. The summed E-state index contributed by atoms with van der Waals surface area (Å²) in [7, 11) is 0. The molecule has 2 aromatic heterocycles. The minimum absolute atomic E-state index is 0.158. The van der Waals surface area contributed by atoms with E-state index in [0.29, 0.717) is 10.7 Å². The van der Waals surface area contributed by atoms with Gasteiger partial charge in [-0.15, -0.1) is 11.3 Å². The second-order valence-electron chi connectivity index (χ2n) is 5.13. The molecule has 0 aliphatic heterocycles. The lowest BCUT2D eigenvalue weighted by Crippen LogP contribution is -2.12. The molecule has 22 heavy (non-hydrogen) atoms. The van der Waals surface area contributed by atoms with Gasteiger partial charge in [0, 0.05) is 16.6 Å². The molecule has 3 aromatic rings. The van der Waals surface area contributed by atoms with E-state index in [-0.39, 0.29) is 5.91 Å². The van der Waals surface area contributed by atoms with Crippen LogP contribution in [0.4, 0.5) is 5.13 Å². The van der Waals surface area contributed by atoms with Gasteiger partial charge in [0.2, 0.25) is 0 Å². The maximum atomic E-state index is 12.2. The number of hydrogen-bond acceptors (Lipinski definition) is 4. The number of thiazole rings is 1. The zero-order valence-corrected chi connectivity index (χ0v) is 13.4. The van der Waals surface area contributed by atoms with Gasteiger partial charge in [-0.1, -0.05) is 0 Å². The summed E-state index contributed by atoms with van der Waals surface area (Å²) >= 11 is 1.42. The highest BCUT2D eigenvalue weighted by atomic mass is 32.1. The molecule has 0 fully saturated rings. The molecule has 0 radical (unpaired) electrons. The molecule has 112 valence electrons. The first-order chi connectivity index (χ1) is 10.5. The van der Waals surface area contributed by atoms with Crippen molar-refractivity contribution >= 4 is 22.4 Å². The minimum atomic E-state index is -0.158. The molecular formula is C16H16N4OS. The van der Waals surface area contributed by atoms with Gasteiger partial charge in [0.25, 0.3) is 5.91 Å². The Labute approximate surface area is 132 Å². The summed E-state index contributed by atoms with van der Waals surface area (Å²) in [5.41, 5.74) is 4.47. The van der Waals surface area contributed by atoms with Crippen molar-refractivity contribution in [2.75, 3.05) is 5.32 Å². The van der Waals surface area contributed by atoms with Crippen molar-refractivity contribution in [1.29, 1.82) is 0 Å². The largest absolute Gasteiger partial charge is 0.298 e. The summed E-state index contributed by atoms with van der Waals surface area (Å²) in [4.78, 5) is 16.4. The van der Waals surface area contributed by atoms with E-state index in [2.05, 4.69) is 15.4 Å². The van der Waals surface area contributed by atoms with E-state index in [4.69, 9.17) is 0 Å². The molecule has 0 atom stereocenters. The number of rotatable bonds is 3. The Hall–Kier alpha value is -2.47. The van der Waals surface area contributed by atoms with Gasteiger partial charge < -0.3 is 0 Å². The molecule has 5 nitrogen and oxygen atoms in total. The maximum Gasteiger partial charge on any atom is 0.257 e. The number of nitrogens with one attached hydrogen (secondary N) is 1. The molecule has 6 heteroatoms. The average molecular weight is 312 g/mol. The van der Waals surface area contributed by atoms with Crippen LogP contribution in [-0.4, -0.2) is 20.7 Å². The lowest BCUT2D eigenvalue weighted by Gasteiger charge is -2.06.